The summed E-state index contributed by atoms with van der Waals surface area (Å²) in [5.41, 5.74) is 1.93. The van der Waals surface area contributed by atoms with Crippen LogP contribution in [0.15, 0.2) is 0 Å². The third kappa shape index (κ3) is 1.60. The van der Waals surface area contributed by atoms with Gasteiger partial charge in [0.1, 0.15) is 0 Å². The second kappa shape index (κ2) is 4.09. The molecule has 5 rings (SSSR count). The Balaban J connectivity index is 1.80. The summed E-state index contributed by atoms with van der Waals surface area (Å²) in [6.45, 7) is 3.95. The van der Waals surface area contributed by atoms with Crippen LogP contribution >= 0.6 is 0 Å². The van der Waals surface area contributed by atoms with Crippen molar-refractivity contribution < 1.29 is 9.90 Å². The van der Waals surface area contributed by atoms with Gasteiger partial charge in [-0.3, -0.25) is 0 Å². The summed E-state index contributed by atoms with van der Waals surface area (Å²) < 4.78 is 2.07. The molecule has 0 atom stereocenters. The summed E-state index contributed by atoms with van der Waals surface area (Å²) in [5, 5.41) is 9.47. The molecule has 4 aliphatic rings. The molecule has 0 amide bonds. The zero-order valence-corrected chi connectivity index (χ0v) is 12.2. The van der Waals surface area contributed by atoms with Gasteiger partial charge in [0.25, 0.3) is 0 Å². The molecule has 0 saturated heterocycles. The Kier molecular flexibility index (Phi) is 2.54. The zero-order chi connectivity index (χ0) is 14.0. The topological polar surface area (TPSA) is 55.1 Å². The lowest BCUT2D eigenvalue weighted by Gasteiger charge is -2.55. The standard InChI is InChI=1S/C16H22N2O2/c1-8-9(2)18(15(17-8)16(19)20)14-12-4-10-3-11(6-12)7-13(14)5-10/h10-14H,3-7H2,1-2H3,(H,19,20). The van der Waals surface area contributed by atoms with Gasteiger partial charge in [-0.1, -0.05) is 0 Å². The van der Waals surface area contributed by atoms with E-state index >= 15 is 0 Å². The minimum Gasteiger partial charge on any atom is -0.475 e. The number of carboxylic acids is 1. The van der Waals surface area contributed by atoms with Gasteiger partial charge in [-0.25, -0.2) is 9.78 Å². The molecule has 4 bridgehead atoms. The van der Waals surface area contributed by atoms with E-state index in [4.69, 9.17) is 0 Å². The average molecular weight is 274 g/mol. The summed E-state index contributed by atoms with van der Waals surface area (Å²) in [5.74, 6) is 2.56. The zero-order valence-electron chi connectivity index (χ0n) is 12.2. The maximum Gasteiger partial charge on any atom is 0.372 e. The van der Waals surface area contributed by atoms with E-state index in [9.17, 15) is 9.90 Å². The fraction of sp³-hybridized carbons (Fsp3) is 0.750. The van der Waals surface area contributed by atoms with Crippen molar-refractivity contribution >= 4 is 5.97 Å². The Labute approximate surface area is 119 Å². The SMILES string of the molecule is Cc1nc(C(=O)O)n(C2C3CC4CC(C3)CC2C4)c1C. The first-order valence-electron chi connectivity index (χ1n) is 7.83. The van der Waals surface area contributed by atoms with Crippen LogP contribution in [0.25, 0.3) is 0 Å². The third-order valence-electron chi connectivity index (χ3n) is 6.05. The third-order valence-corrected chi connectivity index (χ3v) is 6.05. The maximum atomic E-state index is 11.5. The first kappa shape index (κ1) is 12.4. The van der Waals surface area contributed by atoms with Gasteiger partial charge in [0.2, 0.25) is 5.82 Å². The number of nitrogens with zero attached hydrogens (tertiary/aromatic N) is 2. The average Bonchev–Trinajstić information content (AvgIpc) is 2.66. The molecule has 4 nitrogen and oxygen atoms in total. The molecule has 4 fully saturated rings. The molecule has 0 aliphatic heterocycles. The van der Waals surface area contributed by atoms with Crippen LogP contribution < -0.4 is 0 Å². The smallest absolute Gasteiger partial charge is 0.372 e. The van der Waals surface area contributed by atoms with Crippen molar-refractivity contribution in [2.45, 2.75) is 52.0 Å². The summed E-state index contributed by atoms with van der Waals surface area (Å²) in [4.78, 5) is 15.8. The largest absolute Gasteiger partial charge is 0.475 e. The van der Waals surface area contributed by atoms with E-state index in [1.54, 1.807) is 0 Å². The Morgan fingerprint density at radius 2 is 1.65 bits per heavy atom. The molecule has 1 heterocycles. The molecule has 1 aromatic rings. The molecular weight excluding hydrogens is 252 g/mol. The molecule has 20 heavy (non-hydrogen) atoms. The van der Waals surface area contributed by atoms with E-state index in [2.05, 4.69) is 9.55 Å². The number of aryl methyl sites for hydroxylation is 1. The molecule has 0 unspecified atom stereocenters. The molecule has 4 heteroatoms. The number of carbonyl (C=O) groups is 1. The lowest BCUT2D eigenvalue weighted by Crippen LogP contribution is -2.46. The predicted molar refractivity (Wildman–Crippen MR) is 74.7 cm³/mol. The molecule has 4 aliphatic carbocycles. The lowest BCUT2D eigenvalue weighted by molar-refractivity contribution is -0.0308. The maximum absolute atomic E-state index is 11.5. The minimum absolute atomic E-state index is 0.262. The van der Waals surface area contributed by atoms with Crippen LogP contribution in [0.4, 0.5) is 0 Å². The highest BCUT2D eigenvalue weighted by molar-refractivity contribution is 5.84. The van der Waals surface area contributed by atoms with Gasteiger partial charge in [0, 0.05) is 11.7 Å². The van der Waals surface area contributed by atoms with Crippen molar-refractivity contribution in [2.24, 2.45) is 23.7 Å². The van der Waals surface area contributed by atoms with Gasteiger partial charge in [0.05, 0.1) is 5.69 Å². The number of rotatable bonds is 2. The molecular formula is C16H22N2O2. The van der Waals surface area contributed by atoms with Crippen LogP contribution in [0.3, 0.4) is 0 Å². The fourth-order valence-electron chi connectivity index (χ4n) is 5.46. The van der Waals surface area contributed by atoms with E-state index < -0.39 is 5.97 Å². The molecule has 0 aromatic carbocycles. The van der Waals surface area contributed by atoms with Crippen molar-refractivity contribution in [1.29, 1.82) is 0 Å². The number of carboxylic acid groups (broad SMARTS) is 1. The highest BCUT2D eigenvalue weighted by Gasteiger charge is 2.50. The molecule has 4 saturated carbocycles. The van der Waals surface area contributed by atoms with E-state index in [-0.39, 0.29) is 5.82 Å². The predicted octanol–water partition coefficient (Wildman–Crippen LogP) is 3.20. The normalized spacial score (nSPS) is 38.4. The summed E-state index contributed by atoms with van der Waals surface area (Å²) in [6, 6.07) is 0.384. The van der Waals surface area contributed by atoms with Crippen molar-refractivity contribution in [3.05, 3.63) is 17.2 Å². The number of hydrogen-bond acceptors (Lipinski definition) is 2. The van der Waals surface area contributed by atoms with Crippen molar-refractivity contribution in [1.82, 2.24) is 9.55 Å². The highest BCUT2D eigenvalue weighted by Crippen LogP contribution is 2.58. The highest BCUT2D eigenvalue weighted by atomic mass is 16.4. The van der Waals surface area contributed by atoms with Crippen LogP contribution in [-0.2, 0) is 0 Å². The first-order chi connectivity index (χ1) is 9.54. The number of aromatic nitrogens is 2. The van der Waals surface area contributed by atoms with Crippen molar-refractivity contribution in [3.8, 4) is 0 Å². The van der Waals surface area contributed by atoms with E-state index in [1.165, 1.54) is 32.1 Å². The Morgan fingerprint density at radius 3 is 2.15 bits per heavy atom. The molecule has 0 radical (unpaired) electrons. The van der Waals surface area contributed by atoms with Crippen LogP contribution in [0.1, 0.15) is 60.2 Å². The van der Waals surface area contributed by atoms with Gasteiger partial charge in [0.15, 0.2) is 0 Å². The van der Waals surface area contributed by atoms with E-state index in [0.29, 0.717) is 17.9 Å². The van der Waals surface area contributed by atoms with Gasteiger partial charge in [-0.05, 0) is 69.6 Å². The van der Waals surface area contributed by atoms with Gasteiger partial charge in [-0.15, -0.1) is 0 Å². The van der Waals surface area contributed by atoms with Crippen molar-refractivity contribution in [3.63, 3.8) is 0 Å². The Bertz CT molecular complexity index is 547. The van der Waals surface area contributed by atoms with Gasteiger partial charge < -0.3 is 9.67 Å². The Hall–Kier alpha value is -1.32. The number of hydrogen-bond donors (Lipinski definition) is 1. The molecule has 1 aromatic heterocycles. The first-order valence-corrected chi connectivity index (χ1v) is 7.83. The van der Waals surface area contributed by atoms with Crippen LogP contribution in [-0.4, -0.2) is 20.6 Å². The summed E-state index contributed by atoms with van der Waals surface area (Å²) in [7, 11) is 0. The van der Waals surface area contributed by atoms with Crippen molar-refractivity contribution in [2.75, 3.05) is 0 Å². The molecule has 108 valence electrons. The van der Waals surface area contributed by atoms with Crippen LogP contribution in [0, 0.1) is 37.5 Å². The minimum atomic E-state index is -0.880. The Morgan fingerprint density at radius 1 is 1.10 bits per heavy atom. The number of imidazole rings is 1. The second-order valence-corrected chi connectivity index (χ2v) is 7.20. The second-order valence-electron chi connectivity index (χ2n) is 7.20. The van der Waals surface area contributed by atoms with Gasteiger partial charge in [-0.2, -0.15) is 0 Å². The van der Waals surface area contributed by atoms with Crippen LogP contribution in [0.2, 0.25) is 0 Å². The fourth-order valence-corrected chi connectivity index (χ4v) is 5.46. The lowest BCUT2D eigenvalue weighted by atomic mass is 9.54. The quantitative estimate of drug-likeness (QED) is 0.901. The molecule has 1 N–H and O–H groups in total. The summed E-state index contributed by atoms with van der Waals surface area (Å²) >= 11 is 0. The van der Waals surface area contributed by atoms with Crippen LogP contribution in [0.5, 0.6) is 0 Å². The van der Waals surface area contributed by atoms with E-state index in [1.807, 2.05) is 13.8 Å². The van der Waals surface area contributed by atoms with Gasteiger partial charge >= 0.3 is 5.97 Å². The monoisotopic (exact) mass is 274 g/mol. The molecule has 0 spiro atoms. The summed E-state index contributed by atoms with van der Waals surface area (Å²) in [6.07, 6.45) is 6.62. The van der Waals surface area contributed by atoms with E-state index in [0.717, 1.165) is 23.2 Å². The number of aromatic carboxylic acids is 1.